The summed E-state index contributed by atoms with van der Waals surface area (Å²) < 4.78 is 5.85. The molecule has 1 aliphatic heterocycles. The lowest BCUT2D eigenvalue weighted by molar-refractivity contribution is -0.0292. The highest BCUT2D eigenvalue weighted by Gasteiger charge is 2.24. The summed E-state index contributed by atoms with van der Waals surface area (Å²) >= 11 is 1.65. The van der Waals surface area contributed by atoms with Crippen molar-refractivity contribution in [3.8, 4) is 17.3 Å². The predicted molar refractivity (Wildman–Crippen MR) is 82.9 cm³/mol. The topological polar surface area (TPSA) is 49.2 Å². The Bertz CT molecular complexity index is 620. The third kappa shape index (κ3) is 3.48. The number of hydrogen-bond donors (Lipinski definition) is 0. The minimum atomic E-state index is 0.0277. The maximum absolute atomic E-state index is 8.69. The predicted octanol–water partition coefficient (Wildman–Crippen LogP) is 3.10. The maximum atomic E-state index is 8.69. The van der Waals surface area contributed by atoms with Gasteiger partial charge in [0.1, 0.15) is 11.1 Å². The zero-order valence-corrected chi connectivity index (χ0v) is 12.6. The van der Waals surface area contributed by atoms with Crippen LogP contribution in [0.5, 0.6) is 0 Å². The summed E-state index contributed by atoms with van der Waals surface area (Å²) in [6.07, 6.45) is 0.597. The van der Waals surface area contributed by atoms with E-state index in [0.717, 1.165) is 35.9 Å². The minimum Gasteiger partial charge on any atom is -0.368 e. The van der Waals surface area contributed by atoms with Gasteiger partial charge in [-0.2, -0.15) is 5.26 Å². The third-order valence-electron chi connectivity index (χ3n) is 3.56. The van der Waals surface area contributed by atoms with Crippen LogP contribution in [0, 0.1) is 11.3 Å². The van der Waals surface area contributed by atoms with Crippen LogP contribution in [0.4, 0.5) is 0 Å². The molecule has 0 spiro atoms. The van der Waals surface area contributed by atoms with Crippen molar-refractivity contribution >= 4 is 11.3 Å². The summed E-state index contributed by atoms with van der Waals surface area (Å²) in [5, 5.41) is 11.8. The van der Waals surface area contributed by atoms with Gasteiger partial charge in [-0.15, -0.1) is 11.3 Å². The summed E-state index contributed by atoms with van der Waals surface area (Å²) in [5.41, 5.74) is 2.14. The molecular weight excluding hydrogens is 282 g/mol. The Morgan fingerprint density at radius 1 is 1.38 bits per heavy atom. The first kappa shape index (κ1) is 14.2. The molecule has 2 heterocycles. The van der Waals surface area contributed by atoms with Gasteiger partial charge in [-0.1, -0.05) is 30.3 Å². The highest BCUT2D eigenvalue weighted by molar-refractivity contribution is 7.10. The molecule has 1 fully saturated rings. The van der Waals surface area contributed by atoms with Gasteiger partial charge in [0.2, 0.25) is 0 Å². The first-order valence-corrected chi connectivity index (χ1v) is 7.96. The molecule has 1 aromatic carbocycles. The van der Waals surface area contributed by atoms with Gasteiger partial charge >= 0.3 is 0 Å². The lowest BCUT2D eigenvalue weighted by Gasteiger charge is -2.31. The fourth-order valence-electron chi connectivity index (χ4n) is 2.44. The fourth-order valence-corrected chi connectivity index (χ4v) is 3.31. The van der Waals surface area contributed by atoms with Crippen molar-refractivity contribution in [3.05, 3.63) is 40.7 Å². The van der Waals surface area contributed by atoms with Crippen LogP contribution in [0.3, 0.4) is 0 Å². The molecule has 1 unspecified atom stereocenters. The molecule has 21 heavy (non-hydrogen) atoms. The molecule has 0 radical (unpaired) electrons. The molecule has 0 saturated carbocycles. The number of rotatable bonds is 4. The molecule has 4 nitrogen and oxygen atoms in total. The summed E-state index contributed by atoms with van der Waals surface area (Å²) in [4.78, 5) is 7.00. The molecule has 1 saturated heterocycles. The summed E-state index contributed by atoms with van der Waals surface area (Å²) in [6, 6.07) is 12.4. The molecule has 1 aliphatic rings. The molecule has 1 aromatic heterocycles. The van der Waals surface area contributed by atoms with Gasteiger partial charge < -0.3 is 4.74 Å². The van der Waals surface area contributed by atoms with Crippen molar-refractivity contribution in [1.82, 2.24) is 9.88 Å². The van der Waals surface area contributed by atoms with Gasteiger partial charge in [0, 0.05) is 37.0 Å². The van der Waals surface area contributed by atoms with E-state index in [2.05, 4.69) is 28.5 Å². The quantitative estimate of drug-likeness (QED) is 0.870. The summed E-state index contributed by atoms with van der Waals surface area (Å²) in [7, 11) is 0. The van der Waals surface area contributed by atoms with Gasteiger partial charge in [-0.25, -0.2) is 4.98 Å². The SMILES string of the molecule is N#CCCN1CCOC(c2nc(-c3ccccc3)cs2)C1. The number of nitriles is 1. The molecule has 0 aliphatic carbocycles. The third-order valence-corrected chi connectivity index (χ3v) is 4.49. The lowest BCUT2D eigenvalue weighted by atomic mass is 10.2. The van der Waals surface area contributed by atoms with Crippen LogP contribution >= 0.6 is 11.3 Å². The van der Waals surface area contributed by atoms with Gasteiger partial charge in [0.05, 0.1) is 18.4 Å². The van der Waals surface area contributed by atoms with Gasteiger partial charge in [-0.05, 0) is 0 Å². The van der Waals surface area contributed by atoms with E-state index in [9.17, 15) is 0 Å². The normalized spacial score (nSPS) is 19.3. The molecule has 2 aromatic rings. The molecule has 0 bridgehead atoms. The fraction of sp³-hybridized carbons (Fsp3) is 0.375. The van der Waals surface area contributed by atoms with Crippen molar-refractivity contribution in [2.24, 2.45) is 0 Å². The molecule has 1 atom stereocenters. The van der Waals surface area contributed by atoms with Crippen LogP contribution in [0.2, 0.25) is 0 Å². The monoisotopic (exact) mass is 299 g/mol. The molecule has 0 amide bonds. The zero-order valence-electron chi connectivity index (χ0n) is 11.7. The van der Waals surface area contributed by atoms with Gasteiger partial charge in [0.25, 0.3) is 0 Å². The number of nitrogens with zero attached hydrogens (tertiary/aromatic N) is 3. The second-order valence-corrected chi connectivity index (χ2v) is 5.89. The van der Waals surface area contributed by atoms with Crippen LogP contribution < -0.4 is 0 Å². The lowest BCUT2D eigenvalue weighted by Crippen LogP contribution is -2.38. The summed E-state index contributed by atoms with van der Waals surface area (Å²) in [5.74, 6) is 0. The molecule has 108 valence electrons. The largest absolute Gasteiger partial charge is 0.368 e. The van der Waals surface area contributed by atoms with Crippen LogP contribution in [0.25, 0.3) is 11.3 Å². The van der Waals surface area contributed by atoms with E-state index < -0.39 is 0 Å². The number of hydrogen-bond acceptors (Lipinski definition) is 5. The number of aromatic nitrogens is 1. The number of benzene rings is 1. The molecule has 0 N–H and O–H groups in total. The molecule has 3 rings (SSSR count). The number of ether oxygens (including phenoxy) is 1. The summed E-state index contributed by atoms with van der Waals surface area (Å²) in [6.45, 7) is 3.24. The zero-order chi connectivity index (χ0) is 14.5. The van der Waals surface area contributed by atoms with Gasteiger partial charge in [0.15, 0.2) is 0 Å². The Labute approximate surface area is 128 Å². The first-order chi connectivity index (χ1) is 10.4. The van der Waals surface area contributed by atoms with E-state index >= 15 is 0 Å². The Morgan fingerprint density at radius 3 is 3.05 bits per heavy atom. The maximum Gasteiger partial charge on any atom is 0.124 e. The smallest absolute Gasteiger partial charge is 0.124 e. The number of morpholine rings is 1. The Hall–Kier alpha value is -1.74. The first-order valence-electron chi connectivity index (χ1n) is 7.08. The Morgan fingerprint density at radius 2 is 2.24 bits per heavy atom. The van der Waals surface area contributed by atoms with Crippen molar-refractivity contribution in [2.45, 2.75) is 12.5 Å². The highest BCUT2D eigenvalue weighted by atomic mass is 32.1. The van der Waals surface area contributed by atoms with E-state index in [1.165, 1.54) is 0 Å². The van der Waals surface area contributed by atoms with Crippen molar-refractivity contribution < 1.29 is 4.74 Å². The average molecular weight is 299 g/mol. The van der Waals surface area contributed by atoms with Crippen LogP contribution in [0.15, 0.2) is 35.7 Å². The Kier molecular flexibility index (Phi) is 4.61. The van der Waals surface area contributed by atoms with Crippen molar-refractivity contribution in [2.75, 3.05) is 26.2 Å². The van der Waals surface area contributed by atoms with Crippen LogP contribution in [-0.4, -0.2) is 36.1 Å². The van der Waals surface area contributed by atoms with E-state index in [-0.39, 0.29) is 6.10 Å². The molecular formula is C16H17N3OS. The Balaban J connectivity index is 1.70. The average Bonchev–Trinajstić information content (AvgIpc) is 3.04. The highest BCUT2D eigenvalue weighted by Crippen LogP contribution is 2.29. The van der Waals surface area contributed by atoms with Crippen LogP contribution in [0.1, 0.15) is 17.5 Å². The van der Waals surface area contributed by atoms with Crippen molar-refractivity contribution in [3.63, 3.8) is 0 Å². The van der Waals surface area contributed by atoms with Crippen LogP contribution in [-0.2, 0) is 4.74 Å². The van der Waals surface area contributed by atoms with Crippen molar-refractivity contribution in [1.29, 1.82) is 5.26 Å². The van der Waals surface area contributed by atoms with E-state index in [1.807, 2.05) is 18.2 Å². The van der Waals surface area contributed by atoms with E-state index in [1.54, 1.807) is 11.3 Å². The minimum absolute atomic E-state index is 0.0277. The second kappa shape index (κ2) is 6.81. The van der Waals surface area contributed by atoms with Gasteiger partial charge in [-0.3, -0.25) is 4.90 Å². The number of thiazole rings is 1. The molecule has 5 heteroatoms. The van der Waals surface area contributed by atoms with E-state index in [4.69, 9.17) is 15.0 Å². The van der Waals surface area contributed by atoms with E-state index in [0.29, 0.717) is 13.0 Å². The standard InChI is InChI=1S/C16H17N3OS/c17-7-4-8-19-9-10-20-15(11-19)16-18-14(12-21-16)13-5-2-1-3-6-13/h1-3,5-6,12,15H,4,8-11H2. The second-order valence-electron chi connectivity index (χ2n) is 5.01.